The maximum atomic E-state index is 12.2. The molecule has 0 atom stereocenters. The largest absolute Gasteiger partial charge is 1.00 e. The Morgan fingerprint density at radius 1 is 1.00 bits per heavy atom. The summed E-state index contributed by atoms with van der Waals surface area (Å²) in [6, 6.07) is 0. The fourth-order valence-electron chi connectivity index (χ4n) is 1.83. The van der Waals surface area contributed by atoms with Crippen molar-refractivity contribution in [2.75, 3.05) is 59.8 Å². The van der Waals surface area contributed by atoms with Crippen LogP contribution >= 0.6 is 0 Å². The average molecular weight is 277 g/mol. The summed E-state index contributed by atoms with van der Waals surface area (Å²) in [5.74, 6) is 0. The van der Waals surface area contributed by atoms with Crippen LogP contribution in [-0.4, -0.2) is 81.5 Å². The van der Waals surface area contributed by atoms with Crippen LogP contribution in [0.2, 0.25) is 0 Å². The third-order valence-electron chi connectivity index (χ3n) is 2.79. The molecule has 17 heavy (non-hydrogen) atoms. The number of rotatable bonds is 5. The number of piperazine rings is 1. The molecule has 8 heteroatoms. The van der Waals surface area contributed by atoms with Gasteiger partial charge in [-0.05, 0) is 20.5 Å². The van der Waals surface area contributed by atoms with Crippen molar-refractivity contribution < 1.29 is 64.3 Å². The molecule has 1 aliphatic heterocycles. The number of halogens is 3. The van der Waals surface area contributed by atoms with Gasteiger partial charge in [-0.2, -0.15) is 0 Å². The van der Waals surface area contributed by atoms with Gasteiger partial charge in [-0.25, -0.2) is 0 Å². The van der Waals surface area contributed by atoms with Gasteiger partial charge in [-0.1, -0.05) is 0 Å². The summed E-state index contributed by atoms with van der Waals surface area (Å²) in [7, 11) is 4.00. The Bertz CT molecular complexity index is 208. The van der Waals surface area contributed by atoms with E-state index in [1.807, 2.05) is 14.1 Å². The van der Waals surface area contributed by atoms with Crippen LogP contribution in [0, 0.1) is 0 Å². The van der Waals surface area contributed by atoms with Gasteiger partial charge in [0.25, 0.3) is 0 Å². The molecule has 0 aromatic carbocycles. The summed E-state index contributed by atoms with van der Waals surface area (Å²) in [6.07, 6.45) is -0.707. The monoisotopic (exact) mass is 277 g/mol. The van der Waals surface area contributed by atoms with Crippen LogP contribution in [0.5, 0.6) is 0 Å². The first kappa shape index (κ1) is 18.4. The minimum Gasteiger partial charge on any atom is -0.448 e. The predicted octanol–water partition coefficient (Wildman–Crippen LogP) is -2.44. The molecule has 0 aromatic heterocycles. The molecule has 1 fully saturated rings. The first-order chi connectivity index (χ1) is 7.37. The molecule has 0 aliphatic carbocycles. The molecular weight excluding hydrogens is 257 g/mol. The SMILES string of the molecule is CN(C)CCN1CCN(C[B-](F)(F)F)CC1.[K+]. The van der Waals surface area contributed by atoms with Crippen molar-refractivity contribution in [3.8, 4) is 0 Å². The molecule has 96 valence electrons. The van der Waals surface area contributed by atoms with E-state index in [0.717, 1.165) is 26.2 Å². The van der Waals surface area contributed by atoms with Crippen LogP contribution in [0.25, 0.3) is 0 Å². The molecule has 0 spiro atoms. The van der Waals surface area contributed by atoms with E-state index in [9.17, 15) is 12.9 Å². The van der Waals surface area contributed by atoms with E-state index < -0.39 is 13.4 Å². The normalized spacial score (nSPS) is 19.4. The number of hydrogen-bond donors (Lipinski definition) is 0. The average Bonchev–Trinajstić information content (AvgIpc) is 2.14. The molecule has 0 radical (unpaired) electrons. The van der Waals surface area contributed by atoms with Crippen molar-refractivity contribution in [1.82, 2.24) is 14.7 Å². The molecule has 0 saturated carbocycles. The summed E-state index contributed by atoms with van der Waals surface area (Å²) in [6.45, 7) is -0.190. The van der Waals surface area contributed by atoms with Crippen LogP contribution < -0.4 is 51.4 Å². The van der Waals surface area contributed by atoms with E-state index in [1.54, 1.807) is 0 Å². The van der Waals surface area contributed by atoms with E-state index in [0.29, 0.717) is 13.1 Å². The fraction of sp³-hybridized carbons (Fsp3) is 1.00. The summed E-state index contributed by atoms with van der Waals surface area (Å²) in [5.41, 5.74) is 0. The van der Waals surface area contributed by atoms with Crippen molar-refractivity contribution in [1.29, 1.82) is 0 Å². The fourth-order valence-corrected chi connectivity index (χ4v) is 1.83. The minimum atomic E-state index is -4.67. The zero-order valence-electron chi connectivity index (χ0n) is 11.0. The Balaban J connectivity index is 0.00000256. The number of nitrogens with zero attached hydrogens (tertiary/aromatic N) is 3. The van der Waals surface area contributed by atoms with E-state index in [2.05, 4.69) is 9.80 Å². The van der Waals surface area contributed by atoms with Crippen molar-refractivity contribution in [3.63, 3.8) is 0 Å². The maximum Gasteiger partial charge on any atom is 1.00 e. The molecular formula is C9H20BF3KN3. The predicted molar refractivity (Wildman–Crippen MR) is 60.5 cm³/mol. The second-order valence-electron chi connectivity index (χ2n) is 4.66. The van der Waals surface area contributed by atoms with Crippen LogP contribution in [0.15, 0.2) is 0 Å². The Kier molecular flexibility index (Phi) is 9.21. The Hall–Kier alpha value is 1.37. The maximum absolute atomic E-state index is 12.2. The number of likely N-dealkylation sites (N-methyl/N-ethyl adjacent to an activating group) is 1. The molecule has 1 heterocycles. The quantitative estimate of drug-likeness (QED) is 0.517. The van der Waals surface area contributed by atoms with Gasteiger partial charge in [0.15, 0.2) is 0 Å². The van der Waals surface area contributed by atoms with Gasteiger partial charge in [0, 0.05) is 39.3 Å². The Morgan fingerprint density at radius 3 is 1.88 bits per heavy atom. The Morgan fingerprint density at radius 2 is 1.47 bits per heavy atom. The van der Waals surface area contributed by atoms with Crippen molar-refractivity contribution >= 4 is 6.98 Å². The molecule has 0 amide bonds. The standard InChI is InChI=1S/C9H20BF3N3.K/c1-14(2)3-4-15-5-7-16(8-6-15)9-10(11,12)13;/h3-9H2,1-2H3;/q-1;+1. The molecule has 1 aliphatic rings. The van der Waals surface area contributed by atoms with Crippen molar-refractivity contribution in [3.05, 3.63) is 0 Å². The van der Waals surface area contributed by atoms with Gasteiger partial charge < -0.3 is 22.7 Å². The third kappa shape index (κ3) is 8.99. The van der Waals surface area contributed by atoms with Gasteiger partial charge >= 0.3 is 58.4 Å². The van der Waals surface area contributed by atoms with Crippen LogP contribution in [0.4, 0.5) is 12.9 Å². The van der Waals surface area contributed by atoms with E-state index in [1.165, 1.54) is 4.90 Å². The summed E-state index contributed by atoms with van der Waals surface area (Å²) >= 11 is 0. The number of hydrogen-bond acceptors (Lipinski definition) is 3. The zero-order chi connectivity index (χ0) is 12.2. The molecule has 0 bridgehead atoms. The van der Waals surface area contributed by atoms with Crippen LogP contribution in [-0.2, 0) is 0 Å². The smallest absolute Gasteiger partial charge is 0.448 e. The van der Waals surface area contributed by atoms with Crippen LogP contribution in [0.1, 0.15) is 0 Å². The summed E-state index contributed by atoms with van der Waals surface area (Å²) in [5, 5.41) is 0. The molecule has 0 unspecified atom stereocenters. The zero-order valence-corrected chi connectivity index (χ0v) is 14.1. The van der Waals surface area contributed by atoms with Gasteiger partial charge in [0.1, 0.15) is 0 Å². The topological polar surface area (TPSA) is 9.72 Å². The molecule has 3 nitrogen and oxygen atoms in total. The second kappa shape index (κ2) is 8.52. The van der Waals surface area contributed by atoms with E-state index in [4.69, 9.17) is 0 Å². The molecule has 0 N–H and O–H groups in total. The third-order valence-corrected chi connectivity index (χ3v) is 2.79. The Labute approximate surface area is 144 Å². The minimum absolute atomic E-state index is 0. The summed E-state index contributed by atoms with van der Waals surface area (Å²) < 4.78 is 36.6. The van der Waals surface area contributed by atoms with Crippen molar-refractivity contribution in [2.24, 2.45) is 0 Å². The molecule has 0 aromatic rings. The van der Waals surface area contributed by atoms with Crippen LogP contribution in [0.3, 0.4) is 0 Å². The van der Waals surface area contributed by atoms with E-state index >= 15 is 0 Å². The van der Waals surface area contributed by atoms with E-state index in [-0.39, 0.29) is 51.4 Å². The molecule has 1 saturated heterocycles. The summed E-state index contributed by atoms with van der Waals surface area (Å²) in [4.78, 5) is 5.82. The second-order valence-corrected chi connectivity index (χ2v) is 4.66. The van der Waals surface area contributed by atoms with Gasteiger partial charge in [0.05, 0.1) is 0 Å². The van der Waals surface area contributed by atoms with Gasteiger partial charge in [-0.3, -0.25) is 4.90 Å². The van der Waals surface area contributed by atoms with Gasteiger partial charge in [0.2, 0.25) is 0 Å². The first-order valence-corrected chi connectivity index (χ1v) is 5.67. The molecule has 1 rings (SSSR count). The van der Waals surface area contributed by atoms with Crippen molar-refractivity contribution in [2.45, 2.75) is 0 Å². The first-order valence-electron chi connectivity index (χ1n) is 5.67. The van der Waals surface area contributed by atoms with Gasteiger partial charge in [-0.15, -0.1) is 0 Å².